The Morgan fingerprint density at radius 3 is 2.09 bits per heavy atom. The quantitative estimate of drug-likeness (QED) is 0.555. The van der Waals surface area contributed by atoms with Gasteiger partial charge in [0.25, 0.3) is 0 Å². The van der Waals surface area contributed by atoms with Crippen LogP contribution >= 0.6 is 0 Å². The molecule has 1 N–H and O–H groups in total. The lowest BCUT2D eigenvalue weighted by Crippen LogP contribution is -2.51. The van der Waals surface area contributed by atoms with Crippen LogP contribution in [0.5, 0.6) is 0 Å². The van der Waals surface area contributed by atoms with Gasteiger partial charge in [0.2, 0.25) is 21.8 Å². The third-order valence-corrected chi connectivity index (χ3v) is 6.60. The highest BCUT2D eigenvalue weighted by Crippen LogP contribution is 2.22. The summed E-state index contributed by atoms with van der Waals surface area (Å²) in [6.45, 7) is 11.7. The molecular weight excluding hydrogens is 450 g/mol. The molecule has 2 rings (SSSR count). The number of amides is 2. The summed E-state index contributed by atoms with van der Waals surface area (Å²) in [5.74, 6) is -0.451. The Morgan fingerprint density at radius 2 is 1.56 bits per heavy atom. The van der Waals surface area contributed by atoms with E-state index in [2.05, 4.69) is 5.32 Å². The molecule has 0 saturated carbocycles. The van der Waals surface area contributed by atoms with Gasteiger partial charge in [0.15, 0.2) is 0 Å². The largest absolute Gasteiger partial charge is 0.354 e. The van der Waals surface area contributed by atoms with Gasteiger partial charge in [0.1, 0.15) is 12.6 Å². The Balaban J connectivity index is 2.40. The second kappa shape index (κ2) is 11.5. The molecular formula is C26H37N3O4S. The van der Waals surface area contributed by atoms with Crippen LogP contribution in [0, 0.1) is 26.7 Å². The van der Waals surface area contributed by atoms with Crippen molar-refractivity contribution < 1.29 is 18.0 Å². The average molecular weight is 488 g/mol. The minimum Gasteiger partial charge on any atom is -0.354 e. The van der Waals surface area contributed by atoms with Crippen LogP contribution in [0.4, 0.5) is 5.69 Å². The molecule has 0 aromatic heterocycles. The second-order valence-corrected chi connectivity index (χ2v) is 11.3. The number of anilines is 1. The molecule has 0 unspecified atom stereocenters. The minimum atomic E-state index is -3.74. The van der Waals surface area contributed by atoms with E-state index < -0.39 is 28.5 Å². The highest BCUT2D eigenvalue weighted by atomic mass is 32.2. The number of hydrogen-bond acceptors (Lipinski definition) is 4. The highest BCUT2D eigenvalue weighted by Gasteiger charge is 2.30. The number of hydrogen-bond donors (Lipinski definition) is 1. The SMILES string of the molecule is Cc1cccc(CN(C(=O)CN(c2cc(C)cc(C)c2)S(C)(=O)=O)[C@@H](C)C(=O)NCC(C)C)c1. The van der Waals surface area contributed by atoms with Crippen LogP contribution in [0.1, 0.15) is 43.0 Å². The third kappa shape index (κ3) is 7.87. The molecule has 2 amide bonds. The second-order valence-electron chi connectivity index (χ2n) is 9.44. The monoisotopic (exact) mass is 487 g/mol. The topological polar surface area (TPSA) is 86.8 Å². The molecule has 0 aliphatic heterocycles. The van der Waals surface area contributed by atoms with Gasteiger partial charge in [-0.15, -0.1) is 0 Å². The van der Waals surface area contributed by atoms with E-state index in [9.17, 15) is 18.0 Å². The Hall–Kier alpha value is -2.87. The van der Waals surface area contributed by atoms with E-state index in [0.717, 1.165) is 32.8 Å². The van der Waals surface area contributed by atoms with Crippen molar-refractivity contribution in [1.29, 1.82) is 0 Å². The molecule has 0 aliphatic rings. The van der Waals surface area contributed by atoms with Crippen molar-refractivity contribution in [3.63, 3.8) is 0 Å². The van der Waals surface area contributed by atoms with Crippen molar-refractivity contribution >= 4 is 27.5 Å². The number of rotatable bonds is 10. The maximum absolute atomic E-state index is 13.6. The van der Waals surface area contributed by atoms with Crippen LogP contribution in [-0.4, -0.2) is 50.5 Å². The van der Waals surface area contributed by atoms with E-state index in [-0.39, 0.29) is 18.4 Å². The van der Waals surface area contributed by atoms with Crippen molar-refractivity contribution in [2.45, 2.75) is 54.1 Å². The summed E-state index contributed by atoms with van der Waals surface area (Å²) in [6.07, 6.45) is 1.08. The first-order chi connectivity index (χ1) is 15.8. The molecule has 2 aromatic rings. The van der Waals surface area contributed by atoms with Crippen molar-refractivity contribution in [1.82, 2.24) is 10.2 Å². The van der Waals surface area contributed by atoms with Crippen molar-refractivity contribution in [2.75, 3.05) is 23.7 Å². The predicted octanol–water partition coefficient (Wildman–Crippen LogP) is 3.57. The molecule has 0 aliphatic carbocycles. The zero-order valence-electron chi connectivity index (χ0n) is 21.3. The van der Waals surface area contributed by atoms with Gasteiger partial charge in [0.05, 0.1) is 11.9 Å². The van der Waals surface area contributed by atoms with Crippen molar-refractivity contribution in [3.8, 4) is 0 Å². The molecule has 186 valence electrons. The van der Waals surface area contributed by atoms with E-state index in [0.29, 0.717) is 12.2 Å². The number of carbonyl (C=O) groups excluding carboxylic acids is 2. The Morgan fingerprint density at radius 1 is 0.941 bits per heavy atom. The lowest BCUT2D eigenvalue weighted by molar-refractivity contribution is -0.139. The first-order valence-electron chi connectivity index (χ1n) is 11.5. The summed E-state index contributed by atoms with van der Waals surface area (Å²) in [5, 5.41) is 2.88. The first kappa shape index (κ1) is 27.4. The smallest absolute Gasteiger partial charge is 0.244 e. The first-order valence-corrected chi connectivity index (χ1v) is 13.3. The number of benzene rings is 2. The molecule has 0 radical (unpaired) electrons. The summed E-state index contributed by atoms with van der Waals surface area (Å²) in [7, 11) is -3.74. The van der Waals surface area contributed by atoms with Crippen LogP contribution in [0.3, 0.4) is 0 Å². The highest BCUT2D eigenvalue weighted by molar-refractivity contribution is 7.92. The number of nitrogens with zero attached hydrogens (tertiary/aromatic N) is 2. The predicted molar refractivity (Wildman–Crippen MR) is 137 cm³/mol. The van der Waals surface area contributed by atoms with E-state index in [4.69, 9.17) is 0 Å². The fourth-order valence-corrected chi connectivity index (χ4v) is 4.58. The normalized spacial score (nSPS) is 12.4. The van der Waals surface area contributed by atoms with Crippen LogP contribution in [0.25, 0.3) is 0 Å². The number of carbonyl (C=O) groups is 2. The fraction of sp³-hybridized carbons (Fsp3) is 0.462. The van der Waals surface area contributed by atoms with Gasteiger partial charge in [-0.3, -0.25) is 13.9 Å². The summed E-state index contributed by atoms with van der Waals surface area (Å²) in [6, 6.07) is 12.4. The van der Waals surface area contributed by atoms with Gasteiger partial charge in [-0.2, -0.15) is 0 Å². The molecule has 34 heavy (non-hydrogen) atoms. The standard InChI is InChI=1S/C26H37N3O4S/c1-18(2)15-27-26(31)22(6)28(16-23-10-8-9-19(3)12-23)25(30)17-29(34(7,32)33)24-13-20(4)11-21(5)14-24/h8-14,18,22H,15-17H2,1-7H3,(H,27,31)/t22-/m0/s1. The maximum Gasteiger partial charge on any atom is 0.244 e. The molecule has 8 heteroatoms. The van der Waals surface area contributed by atoms with Gasteiger partial charge in [-0.05, 0) is 62.4 Å². The Bertz CT molecular complexity index is 1110. The third-order valence-electron chi connectivity index (χ3n) is 5.46. The van der Waals surface area contributed by atoms with Crippen LogP contribution in [0.15, 0.2) is 42.5 Å². The average Bonchev–Trinajstić information content (AvgIpc) is 2.71. The van der Waals surface area contributed by atoms with Crippen LogP contribution in [0.2, 0.25) is 0 Å². The molecule has 1 atom stereocenters. The van der Waals surface area contributed by atoms with Crippen LogP contribution < -0.4 is 9.62 Å². The van der Waals surface area contributed by atoms with E-state index in [1.54, 1.807) is 19.1 Å². The molecule has 0 bridgehead atoms. The van der Waals surface area contributed by atoms with Gasteiger partial charge in [-0.1, -0.05) is 49.7 Å². The molecule has 0 spiro atoms. The Labute approximate surface area is 204 Å². The van der Waals surface area contributed by atoms with E-state index in [1.165, 1.54) is 4.90 Å². The minimum absolute atomic E-state index is 0.196. The molecule has 2 aromatic carbocycles. The summed E-state index contributed by atoms with van der Waals surface area (Å²) >= 11 is 0. The zero-order chi connectivity index (χ0) is 25.6. The number of sulfonamides is 1. The zero-order valence-corrected chi connectivity index (χ0v) is 22.1. The van der Waals surface area contributed by atoms with Gasteiger partial charge in [-0.25, -0.2) is 8.42 Å². The lowest BCUT2D eigenvalue weighted by Gasteiger charge is -2.32. The molecule has 0 saturated heterocycles. The van der Waals surface area contributed by atoms with Crippen molar-refractivity contribution in [2.24, 2.45) is 5.92 Å². The van der Waals surface area contributed by atoms with Crippen LogP contribution in [-0.2, 0) is 26.2 Å². The fourth-order valence-electron chi connectivity index (χ4n) is 3.75. The van der Waals surface area contributed by atoms with Gasteiger partial charge >= 0.3 is 0 Å². The van der Waals surface area contributed by atoms with Gasteiger partial charge < -0.3 is 10.2 Å². The number of aryl methyl sites for hydroxylation is 3. The molecule has 0 heterocycles. The van der Waals surface area contributed by atoms with Gasteiger partial charge in [0, 0.05) is 13.1 Å². The Kier molecular flexibility index (Phi) is 9.27. The molecule has 0 fully saturated rings. The summed E-state index contributed by atoms with van der Waals surface area (Å²) < 4.78 is 26.5. The maximum atomic E-state index is 13.6. The summed E-state index contributed by atoms with van der Waals surface area (Å²) in [4.78, 5) is 27.9. The molecule has 7 nitrogen and oxygen atoms in total. The number of nitrogens with one attached hydrogen (secondary N) is 1. The van der Waals surface area contributed by atoms with E-state index >= 15 is 0 Å². The van der Waals surface area contributed by atoms with Crippen molar-refractivity contribution in [3.05, 3.63) is 64.7 Å². The summed E-state index contributed by atoms with van der Waals surface area (Å²) in [5.41, 5.74) is 4.13. The van der Waals surface area contributed by atoms with E-state index in [1.807, 2.05) is 65.0 Å². The lowest BCUT2D eigenvalue weighted by atomic mass is 10.1.